The lowest BCUT2D eigenvalue weighted by Gasteiger charge is -2.14. The van der Waals surface area contributed by atoms with E-state index in [1.165, 1.54) is 12.1 Å². The van der Waals surface area contributed by atoms with Gasteiger partial charge in [0.2, 0.25) is 11.9 Å². The summed E-state index contributed by atoms with van der Waals surface area (Å²) in [5.74, 6) is 0.404. The van der Waals surface area contributed by atoms with Crippen molar-refractivity contribution in [3.05, 3.63) is 71.0 Å². The molecule has 0 spiro atoms. The average Bonchev–Trinajstić information content (AvgIpc) is 2.71. The number of rotatable bonds is 7. The molecule has 0 aliphatic heterocycles. The zero-order valence-electron chi connectivity index (χ0n) is 16.1. The fourth-order valence-corrected chi connectivity index (χ4v) is 2.68. The number of aromatic nitrogens is 2. The van der Waals surface area contributed by atoms with Gasteiger partial charge in [-0.05, 0) is 29.8 Å². The molecule has 0 aliphatic carbocycles. The average molecular weight is 414 g/mol. The molecular weight excluding hydrogens is 393 g/mol. The molecule has 29 heavy (non-hydrogen) atoms. The zero-order valence-corrected chi connectivity index (χ0v) is 16.9. The van der Waals surface area contributed by atoms with Crippen LogP contribution in [-0.4, -0.2) is 36.5 Å². The molecule has 1 amide bonds. The molecule has 0 atom stereocenters. The number of hydrogen-bond donors (Lipinski definition) is 2. The Bertz CT molecular complexity index is 995. The summed E-state index contributed by atoms with van der Waals surface area (Å²) in [4.78, 5) is 22.8. The van der Waals surface area contributed by atoms with Crippen LogP contribution in [0.1, 0.15) is 5.56 Å². The Morgan fingerprint density at radius 1 is 1.10 bits per heavy atom. The number of benzene rings is 2. The summed E-state index contributed by atoms with van der Waals surface area (Å²) < 4.78 is 13.6. The molecule has 3 rings (SSSR count). The van der Waals surface area contributed by atoms with Crippen molar-refractivity contribution in [1.82, 2.24) is 15.3 Å². The van der Waals surface area contributed by atoms with Crippen molar-refractivity contribution in [2.24, 2.45) is 0 Å². The van der Waals surface area contributed by atoms with Gasteiger partial charge in [0.25, 0.3) is 0 Å². The van der Waals surface area contributed by atoms with E-state index >= 15 is 0 Å². The monoisotopic (exact) mass is 413 g/mol. The molecule has 0 radical (unpaired) electrons. The molecule has 0 bridgehead atoms. The summed E-state index contributed by atoms with van der Waals surface area (Å²) in [5, 5.41) is 6.49. The molecule has 0 fully saturated rings. The first-order valence-corrected chi connectivity index (χ1v) is 9.36. The highest BCUT2D eigenvalue weighted by Gasteiger charge is 2.10. The van der Waals surface area contributed by atoms with Gasteiger partial charge in [-0.2, -0.15) is 4.98 Å². The first kappa shape index (κ1) is 20.5. The van der Waals surface area contributed by atoms with Crippen molar-refractivity contribution < 1.29 is 9.18 Å². The van der Waals surface area contributed by atoms with Crippen LogP contribution in [0.15, 0.2) is 54.6 Å². The van der Waals surface area contributed by atoms with Crippen LogP contribution in [0.5, 0.6) is 0 Å². The molecular formula is C21H21ClFN5O. The Hall–Kier alpha value is -3.19. The molecule has 3 aromatic rings. The van der Waals surface area contributed by atoms with Gasteiger partial charge in [-0.3, -0.25) is 4.79 Å². The van der Waals surface area contributed by atoms with Crippen molar-refractivity contribution in [3.63, 3.8) is 0 Å². The molecule has 8 heteroatoms. The minimum Gasteiger partial charge on any atom is -0.361 e. The first-order chi connectivity index (χ1) is 13.9. The van der Waals surface area contributed by atoms with Crippen LogP contribution in [0.3, 0.4) is 0 Å². The third-order valence-corrected chi connectivity index (χ3v) is 4.32. The van der Waals surface area contributed by atoms with Crippen LogP contribution in [0.4, 0.5) is 16.2 Å². The third kappa shape index (κ3) is 5.89. The topological polar surface area (TPSA) is 70.2 Å². The summed E-state index contributed by atoms with van der Waals surface area (Å²) in [6.45, 7) is 0.443. The molecule has 0 unspecified atom stereocenters. The number of carbonyl (C=O) groups excluding carboxylic acids is 1. The van der Waals surface area contributed by atoms with Gasteiger partial charge >= 0.3 is 0 Å². The summed E-state index contributed by atoms with van der Waals surface area (Å²) in [6.07, 6.45) is 0. The SMILES string of the molecule is CN(C)c1nc(NCC(=O)NCc2ccc(Cl)cc2)cc(-c2cccc(F)c2)n1. The lowest BCUT2D eigenvalue weighted by molar-refractivity contribution is -0.119. The number of amides is 1. The number of hydrogen-bond acceptors (Lipinski definition) is 5. The second kappa shape index (κ2) is 9.34. The lowest BCUT2D eigenvalue weighted by Crippen LogP contribution is -2.29. The van der Waals surface area contributed by atoms with Crippen molar-refractivity contribution in [3.8, 4) is 11.3 Å². The van der Waals surface area contributed by atoms with Gasteiger partial charge in [-0.15, -0.1) is 0 Å². The number of nitrogens with one attached hydrogen (secondary N) is 2. The Morgan fingerprint density at radius 3 is 2.55 bits per heavy atom. The normalized spacial score (nSPS) is 10.5. The van der Waals surface area contributed by atoms with E-state index in [-0.39, 0.29) is 18.3 Å². The molecule has 0 saturated heterocycles. The van der Waals surface area contributed by atoms with E-state index in [9.17, 15) is 9.18 Å². The van der Waals surface area contributed by atoms with Crippen molar-refractivity contribution in [2.45, 2.75) is 6.54 Å². The van der Waals surface area contributed by atoms with Crippen LogP contribution in [0, 0.1) is 5.82 Å². The predicted molar refractivity (Wildman–Crippen MR) is 114 cm³/mol. The van der Waals surface area contributed by atoms with E-state index in [4.69, 9.17) is 11.6 Å². The zero-order chi connectivity index (χ0) is 20.8. The van der Waals surface area contributed by atoms with E-state index in [0.29, 0.717) is 34.6 Å². The highest BCUT2D eigenvalue weighted by atomic mass is 35.5. The van der Waals surface area contributed by atoms with Crippen LogP contribution in [-0.2, 0) is 11.3 Å². The minimum absolute atomic E-state index is 0.0417. The number of nitrogens with zero attached hydrogens (tertiary/aromatic N) is 3. The van der Waals surface area contributed by atoms with E-state index in [1.54, 1.807) is 35.2 Å². The Balaban J connectivity index is 1.67. The van der Waals surface area contributed by atoms with Crippen LogP contribution in [0.2, 0.25) is 5.02 Å². The first-order valence-electron chi connectivity index (χ1n) is 8.98. The van der Waals surface area contributed by atoms with Gasteiger partial charge in [-0.25, -0.2) is 9.37 Å². The fourth-order valence-electron chi connectivity index (χ4n) is 2.56. The summed E-state index contributed by atoms with van der Waals surface area (Å²) in [5.41, 5.74) is 2.14. The summed E-state index contributed by atoms with van der Waals surface area (Å²) in [6, 6.07) is 15.1. The Labute approximate surface area is 173 Å². The molecule has 1 aromatic heterocycles. The van der Waals surface area contributed by atoms with Gasteiger partial charge < -0.3 is 15.5 Å². The van der Waals surface area contributed by atoms with Crippen LogP contribution >= 0.6 is 11.6 Å². The highest BCUT2D eigenvalue weighted by Crippen LogP contribution is 2.23. The fraction of sp³-hybridized carbons (Fsp3) is 0.190. The smallest absolute Gasteiger partial charge is 0.239 e. The molecule has 150 valence electrons. The molecule has 6 nitrogen and oxygen atoms in total. The second-order valence-corrected chi connectivity index (χ2v) is 7.04. The Morgan fingerprint density at radius 2 is 1.86 bits per heavy atom. The van der Waals surface area contributed by atoms with E-state index in [2.05, 4.69) is 20.6 Å². The quantitative estimate of drug-likeness (QED) is 0.617. The van der Waals surface area contributed by atoms with Crippen molar-refractivity contribution >= 4 is 29.3 Å². The van der Waals surface area contributed by atoms with Gasteiger partial charge in [0, 0.05) is 37.3 Å². The van der Waals surface area contributed by atoms with Crippen molar-refractivity contribution in [1.29, 1.82) is 0 Å². The molecule has 1 heterocycles. The van der Waals surface area contributed by atoms with Gasteiger partial charge in [0.1, 0.15) is 11.6 Å². The molecule has 0 aliphatic rings. The molecule has 2 aromatic carbocycles. The van der Waals surface area contributed by atoms with Crippen molar-refractivity contribution in [2.75, 3.05) is 30.9 Å². The Kier molecular flexibility index (Phi) is 6.61. The van der Waals surface area contributed by atoms with Gasteiger partial charge in [0.05, 0.1) is 12.2 Å². The molecule has 0 saturated carbocycles. The van der Waals surface area contributed by atoms with Gasteiger partial charge in [-0.1, -0.05) is 35.9 Å². The maximum Gasteiger partial charge on any atom is 0.239 e. The minimum atomic E-state index is -0.344. The summed E-state index contributed by atoms with van der Waals surface area (Å²) in [7, 11) is 3.63. The maximum absolute atomic E-state index is 13.6. The highest BCUT2D eigenvalue weighted by molar-refractivity contribution is 6.30. The number of halogens is 2. The van der Waals surface area contributed by atoms with Crippen LogP contribution in [0.25, 0.3) is 11.3 Å². The predicted octanol–water partition coefficient (Wildman–Crippen LogP) is 3.73. The second-order valence-electron chi connectivity index (χ2n) is 6.60. The van der Waals surface area contributed by atoms with E-state index in [1.807, 2.05) is 26.2 Å². The largest absolute Gasteiger partial charge is 0.361 e. The van der Waals surface area contributed by atoms with E-state index in [0.717, 1.165) is 5.56 Å². The van der Waals surface area contributed by atoms with E-state index < -0.39 is 0 Å². The molecule has 2 N–H and O–H groups in total. The standard InChI is InChI=1S/C21H21ClFN5O/c1-28(2)21-26-18(15-4-3-5-17(23)10-15)11-19(27-21)24-13-20(29)25-12-14-6-8-16(22)9-7-14/h3-11H,12-13H2,1-2H3,(H,25,29)(H,24,26,27). The van der Waals surface area contributed by atoms with Crippen LogP contribution < -0.4 is 15.5 Å². The number of carbonyl (C=O) groups is 1. The number of anilines is 2. The van der Waals surface area contributed by atoms with Gasteiger partial charge in [0.15, 0.2) is 0 Å². The lowest BCUT2D eigenvalue weighted by atomic mass is 10.1. The summed E-state index contributed by atoms with van der Waals surface area (Å²) >= 11 is 5.86. The third-order valence-electron chi connectivity index (χ3n) is 4.07. The maximum atomic E-state index is 13.6.